The number of ether oxygens (including phenoxy) is 1. The average molecular weight is 271 g/mol. The molecule has 1 atom stereocenters. The molecule has 0 aliphatic rings. The molecule has 0 spiro atoms. The van der Waals surface area contributed by atoms with Crippen molar-refractivity contribution in [3.8, 4) is 5.75 Å². The monoisotopic (exact) mass is 270 g/mol. The quantitative estimate of drug-likeness (QED) is 0.731. The molecule has 0 unspecified atom stereocenters. The Kier molecular flexibility index (Phi) is 7.14. The third-order valence-electron chi connectivity index (χ3n) is 3.19. The van der Waals surface area contributed by atoms with Crippen LogP contribution in [0.15, 0.2) is 24.3 Å². The molecule has 1 aromatic rings. The predicted molar refractivity (Wildman–Crippen MR) is 76.4 cm³/mol. The van der Waals surface area contributed by atoms with Gasteiger partial charge in [0.1, 0.15) is 5.75 Å². The Morgan fingerprint density at radius 2 is 2.00 bits per heavy atom. The SMILES string of the molecule is CCC(CC)COc1cccc(C[C@@H](O)CCl)c1. The van der Waals surface area contributed by atoms with Crippen molar-refractivity contribution in [3.63, 3.8) is 0 Å². The van der Waals surface area contributed by atoms with E-state index in [1.165, 1.54) is 0 Å². The summed E-state index contributed by atoms with van der Waals surface area (Å²) in [6.45, 7) is 5.13. The van der Waals surface area contributed by atoms with E-state index in [-0.39, 0.29) is 5.88 Å². The minimum absolute atomic E-state index is 0.263. The largest absolute Gasteiger partial charge is 0.493 e. The van der Waals surface area contributed by atoms with Crippen LogP contribution < -0.4 is 4.74 Å². The lowest BCUT2D eigenvalue weighted by atomic mass is 10.1. The molecule has 0 fully saturated rings. The number of aliphatic hydroxyl groups excluding tert-OH is 1. The fourth-order valence-corrected chi connectivity index (χ4v) is 1.94. The van der Waals surface area contributed by atoms with Crippen molar-refractivity contribution in [3.05, 3.63) is 29.8 Å². The second-order valence-electron chi connectivity index (χ2n) is 4.65. The number of hydrogen-bond donors (Lipinski definition) is 1. The Bertz CT molecular complexity index is 337. The summed E-state index contributed by atoms with van der Waals surface area (Å²) in [7, 11) is 0. The van der Waals surface area contributed by atoms with Gasteiger partial charge in [0.25, 0.3) is 0 Å². The predicted octanol–water partition coefficient (Wildman–Crippen LogP) is 3.64. The molecule has 1 aromatic carbocycles. The van der Waals surface area contributed by atoms with Crippen molar-refractivity contribution in [1.82, 2.24) is 0 Å². The number of rotatable bonds is 8. The highest BCUT2D eigenvalue weighted by Gasteiger charge is 2.07. The van der Waals surface area contributed by atoms with Crippen molar-refractivity contribution in [2.45, 2.75) is 39.2 Å². The maximum atomic E-state index is 9.52. The Morgan fingerprint density at radius 3 is 2.61 bits per heavy atom. The van der Waals surface area contributed by atoms with Crippen LogP contribution in [0.25, 0.3) is 0 Å². The molecule has 0 radical (unpaired) electrons. The van der Waals surface area contributed by atoms with Crippen molar-refractivity contribution < 1.29 is 9.84 Å². The second-order valence-corrected chi connectivity index (χ2v) is 4.96. The molecule has 1 rings (SSSR count). The average Bonchev–Trinajstić information content (AvgIpc) is 2.40. The first-order valence-corrected chi connectivity index (χ1v) is 7.18. The van der Waals surface area contributed by atoms with Crippen molar-refractivity contribution in [1.29, 1.82) is 0 Å². The zero-order chi connectivity index (χ0) is 13.4. The molecule has 0 aromatic heterocycles. The van der Waals surface area contributed by atoms with Gasteiger partial charge < -0.3 is 9.84 Å². The second kappa shape index (κ2) is 8.39. The van der Waals surface area contributed by atoms with Crippen molar-refractivity contribution in [2.24, 2.45) is 5.92 Å². The summed E-state index contributed by atoms with van der Waals surface area (Å²) < 4.78 is 5.79. The number of halogens is 1. The van der Waals surface area contributed by atoms with Crippen LogP contribution in [0.1, 0.15) is 32.3 Å². The molecule has 0 saturated heterocycles. The number of alkyl halides is 1. The first-order chi connectivity index (χ1) is 8.69. The summed E-state index contributed by atoms with van der Waals surface area (Å²) >= 11 is 5.60. The van der Waals surface area contributed by atoms with Gasteiger partial charge in [-0.15, -0.1) is 11.6 Å². The fourth-order valence-electron chi connectivity index (χ4n) is 1.83. The normalized spacial score (nSPS) is 12.7. The first-order valence-electron chi connectivity index (χ1n) is 6.65. The summed E-state index contributed by atoms with van der Waals surface area (Å²) in [6.07, 6.45) is 2.37. The van der Waals surface area contributed by atoms with Gasteiger partial charge in [-0.1, -0.05) is 38.8 Å². The number of aliphatic hydroxyl groups is 1. The minimum atomic E-state index is -0.485. The molecular formula is C15H23ClO2. The molecule has 0 aliphatic heterocycles. The van der Waals surface area contributed by atoms with Gasteiger partial charge in [0.2, 0.25) is 0 Å². The molecule has 0 amide bonds. The van der Waals surface area contributed by atoms with E-state index in [4.69, 9.17) is 16.3 Å². The van der Waals surface area contributed by atoms with Gasteiger partial charge in [0.15, 0.2) is 0 Å². The molecule has 1 N–H and O–H groups in total. The number of benzene rings is 1. The van der Waals surface area contributed by atoms with Gasteiger partial charge in [0, 0.05) is 5.88 Å². The topological polar surface area (TPSA) is 29.5 Å². The maximum absolute atomic E-state index is 9.52. The van der Waals surface area contributed by atoms with E-state index in [2.05, 4.69) is 13.8 Å². The van der Waals surface area contributed by atoms with Crippen LogP contribution in [0.4, 0.5) is 0 Å². The van der Waals surface area contributed by atoms with Crippen LogP contribution in [0, 0.1) is 5.92 Å². The minimum Gasteiger partial charge on any atom is -0.493 e. The summed E-state index contributed by atoms with van der Waals surface area (Å²) in [4.78, 5) is 0. The van der Waals surface area contributed by atoms with Crippen molar-refractivity contribution >= 4 is 11.6 Å². The van der Waals surface area contributed by atoms with Gasteiger partial charge >= 0.3 is 0 Å². The summed E-state index contributed by atoms with van der Waals surface area (Å²) in [5.74, 6) is 1.75. The zero-order valence-electron chi connectivity index (χ0n) is 11.2. The van der Waals surface area contributed by atoms with E-state index in [1.54, 1.807) is 0 Å². The van der Waals surface area contributed by atoms with Gasteiger partial charge in [-0.3, -0.25) is 0 Å². The zero-order valence-corrected chi connectivity index (χ0v) is 12.0. The Hall–Kier alpha value is -0.730. The van der Waals surface area contributed by atoms with E-state index in [9.17, 15) is 5.11 Å². The van der Waals surface area contributed by atoms with Gasteiger partial charge in [0.05, 0.1) is 12.7 Å². The van der Waals surface area contributed by atoms with Gasteiger partial charge in [-0.05, 0) is 30.0 Å². The molecule has 0 bridgehead atoms. The number of hydrogen-bond acceptors (Lipinski definition) is 2. The van der Waals surface area contributed by atoms with E-state index in [1.807, 2.05) is 24.3 Å². The highest BCUT2D eigenvalue weighted by atomic mass is 35.5. The van der Waals surface area contributed by atoms with E-state index >= 15 is 0 Å². The summed E-state index contributed by atoms with van der Waals surface area (Å²) in [6, 6.07) is 7.88. The highest BCUT2D eigenvalue weighted by Crippen LogP contribution is 2.17. The Labute approximate surface area is 115 Å². The van der Waals surface area contributed by atoms with Crippen molar-refractivity contribution in [2.75, 3.05) is 12.5 Å². The van der Waals surface area contributed by atoms with E-state index in [0.717, 1.165) is 30.8 Å². The molecule has 0 heterocycles. The molecule has 2 nitrogen and oxygen atoms in total. The Balaban J connectivity index is 2.53. The molecule has 18 heavy (non-hydrogen) atoms. The van der Waals surface area contributed by atoms with Crippen LogP contribution in [0.2, 0.25) is 0 Å². The van der Waals surface area contributed by atoms with Crippen LogP contribution in [0.3, 0.4) is 0 Å². The highest BCUT2D eigenvalue weighted by molar-refractivity contribution is 6.18. The molecule has 0 aliphatic carbocycles. The Morgan fingerprint density at radius 1 is 1.28 bits per heavy atom. The van der Waals surface area contributed by atoms with Crippen LogP contribution in [0.5, 0.6) is 5.75 Å². The first kappa shape index (κ1) is 15.3. The van der Waals surface area contributed by atoms with Crippen LogP contribution in [-0.2, 0) is 6.42 Å². The fraction of sp³-hybridized carbons (Fsp3) is 0.600. The summed E-state index contributed by atoms with van der Waals surface area (Å²) in [5, 5.41) is 9.52. The van der Waals surface area contributed by atoms with E-state index < -0.39 is 6.10 Å². The van der Waals surface area contributed by atoms with Crippen LogP contribution >= 0.6 is 11.6 Å². The third-order valence-corrected chi connectivity index (χ3v) is 3.54. The van der Waals surface area contributed by atoms with E-state index in [0.29, 0.717) is 12.3 Å². The maximum Gasteiger partial charge on any atom is 0.119 e. The lowest BCUT2D eigenvalue weighted by Gasteiger charge is -2.14. The van der Waals surface area contributed by atoms with Gasteiger partial charge in [-0.25, -0.2) is 0 Å². The molecule has 0 saturated carbocycles. The molecular weight excluding hydrogens is 248 g/mol. The lowest BCUT2D eigenvalue weighted by molar-refractivity contribution is 0.198. The smallest absolute Gasteiger partial charge is 0.119 e. The summed E-state index contributed by atoms with van der Waals surface area (Å²) in [5.41, 5.74) is 1.06. The van der Waals surface area contributed by atoms with Crippen LogP contribution in [-0.4, -0.2) is 23.7 Å². The lowest BCUT2D eigenvalue weighted by Crippen LogP contribution is -2.12. The van der Waals surface area contributed by atoms with Gasteiger partial charge in [-0.2, -0.15) is 0 Å². The standard InChI is InChI=1S/C15H23ClO2/c1-3-12(4-2)11-18-15-7-5-6-13(9-15)8-14(17)10-16/h5-7,9,12,14,17H,3-4,8,10-11H2,1-2H3/t14-/m1/s1. The molecule has 102 valence electrons. The molecule has 3 heteroatoms. The third kappa shape index (κ3) is 5.28.